The molecule has 0 spiro atoms. The molecule has 2 rings (SSSR count). The van der Waals surface area contributed by atoms with Crippen LogP contribution in [-0.2, 0) is 9.84 Å². The molecule has 2 aromatic rings. The second-order valence-corrected chi connectivity index (χ2v) is 8.09. The number of hydrogen-bond acceptors (Lipinski definition) is 6. The van der Waals surface area contributed by atoms with Crippen LogP contribution in [0.5, 0.6) is 5.75 Å². The number of ether oxygens (including phenoxy) is 1. The normalized spacial score (nSPS) is 12.8. The lowest BCUT2D eigenvalue weighted by Gasteiger charge is -2.25. The maximum absolute atomic E-state index is 11.5. The number of likely N-dealkylation sites (N-methyl/N-ethyl adjacent to an activating group) is 1. The molecule has 0 aliphatic carbocycles. The Balaban J connectivity index is 1.95. The zero-order valence-electron chi connectivity index (χ0n) is 15.0. The Bertz CT molecular complexity index is 865. The fraction of sp³-hybridized carbons (Fsp3) is 0.333. The van der Waals surface area contributed by atoms with Crippen LogP contribution in [0.4, 0.5) is 5.69 Å². The minimum atomic E-state index is -3.21. The van der Waals surface area contributed by atoms with Crippen molar-refractivity contribution in [1.82, 2.24) is 4.90 Å². The summed E-state index contributed by atoms with van der Waals surface area (Å²) in [6, 6.07) is 13.1. The van der Waals surface area contributed by atoms with Gasteiger partial charge in [0, 0.05) is 24.9 Å². The fourth-order valence-electron chi connectivity index (χ4n) is 2.47. The summed E-state index contributed by atoms with van der Waals surface area (Å²) in [6.07, 6.45) is 1.18. The smallest absolute Gasteiger partial charge is 0.310 e. The molecule has 8 heteroatoms. The van der Waals surface area contributed by atoms with Crippen LogP contribution >= 0.6 is 0 Å². The van der Waals surface area contributed by atoms with Crippen molar-refractivity contribution in [2.75, 3.05) is 26.5 Å². The molecule has 0 aliphatic rings. The number of nitrogens with zero attached hydrogens (tertiary/aromatic N) is 2. The first-order valence-electron chi connectivity index (χ1n) is 8.06. The third-order valence-electron chi connectivity index (χ3n) is 4.22. The van der Waals surface area contributed by atoms with E-state index in [2.05, 4.69) is 0 Å². The molecule has 0 fully saturated rings. The van der Waals surface area contributed by atoms with E-state index in [-0.39, 0.29) is 22.4 Å². The molecular weight excluding hydrogens is 356 g/mol. The summed E-state index contributed by atoms with van der Waals surface area (Å²) in [5.41, 5.74) is 0.921. The van der Waals surface area contributed by atoms with Crippen LogP contribution < -0.4 is 4.74 Å². The van der Waals surface area contributed by atoms with Gasteiger partial charge >= 0.3 is 5.69 Å². The first-order valence-corrected chi connectivity index (χ1v) is 9.96. The summed E-state index contributed by atoms with van der Waals surface area (Å²) in [4.78, 5) is 12.8. The molecule has 1 unspecified atom stereocenters. The van der Waals surface area contributed by atoms with E-state index >= 15 is 0 Å². The highest BCUT2D eigenvalue weighted by atomic mass is 32.2. The van der Waals surface area contributed by atoms with Crippen molar-refractivity contribution in [1.29, 1.82) is 0 Å². The molecule has 0 aliphatic heterocycles. The third-order valence-corrected chi connectivity index (χ3v) is 5.34. The van der Waals surface area contributed by atoms with Crippen LogP contribution in [0.2, 0.25) is 0 Å². The van der Waals surface area contributed by atoms with Crippen molar-refractivity contribution in [3.63, 3.8) is 0 Å². The number of rotatable bonds is 8. The highest BCUT2D eigenvalue weighted by Gasteiger charge is 2.16. The molecule has 7 nitrogen and oxygen atoms in total. The number of para-hydroxylation sites is 2. The minimum Gasteiger partial charge on any atom is -0.485 e. The number of benzene rings is 2. The van der Waals surface area contributed by atoms with E-state index in [1.165, 1.54) is 12.3 Å². The maximum atomic E-state index is 11.5. The first-order chi connectivity index (χ1) is 12.2. The van der Waals surface area contributed by atoms with Gasteiger partial charge in [-0.3, -0.25) is 15.0 Å². The van der Waals surface area contributed by atoms with E-state index in [0.717, 1.165) is 5.56 Å². The zero-order valence-corrected chi connectivity index (χ0v) is 15.8. The lowest BCUT2D eigenvalue weighted by molar-refractivity contribution is -0.385. The topological polar surface area (TPSA) is 89.8 Å². The quantitative estimate of drug-likeness (QED) is 0.518. The lowest BCUT2D eigenvalue weighted by atomic mass is 10.1. The molecule has 0 saturated heterocycles. The van der Waals surface area contributed by atoms with Gasteiger partial charge in [-0.15, -0.1) is 0 Å². The first kappa shape index (κ1) is 19.9. The average molecular weight is 378 g/mol. The molecule has 0 N–H and O–H groups in total. The summed E-state index contributed by atoms with van der Waals surface area (Å²) in [5.74, 6) is 0.246. The summed E-state index contributed by atoms with van der Waals surface area (Å²) in [7, 11) is -1.30. The lowest BCUT2D eigenvalue weighted by Crippen LogP contribution is -2.27. The molecule has 1 atom stereocenters. The molecule has 0 bridgehead atoms. The van der Waals surface area contributed by atoms with Gasteiger partial charge in [-0.2, -0.15) is 0 Å². The van der Waals surface area contributed by atoms with Gasteiger partial charge < -0.3 is 4.74 Å². The molecule has 0 radical (unpaired) electrons. The van der Waals surface area contributed by atoms with Crippen molar-refractivity contribution < 1.29 is 18.1 Å². The SMILES string of the molecule is CC(c1ccc(S(C)(=O)=O)cc1)N(C)CCOc1ccccc1[N+](=O)[O-]. The largest absolute Gasteiger partial charge is 0.485 e. The summed E-state index contributed by atoms with van der Waals surface area (Å²) < 4.78 is 28.6. The molecule has 0 amide bonds. The zero-order chi connectivity index (χ0) is 19.3. The van der Waals surface area contributed by atoms with Crippen LogP contribution in [0.3, 0.4) is 0 Å². The summed E-state index contributed by atoms with van der Waals surface area (Å²) in [5, 5.41) is 11.0. The van der Waals surface area contributed by atoms with Gasteiger partial charge in [-0.1, -0.05) is 24.3 Å². The highest BCUT2D eigenvalue weighted by molar-refractivity contribution is 7.90. The predicted octanol–water partition coefficient (Wildman–Crippen LogP) is 3.07. The molecule has 2 aromatic carbocycles. The van der Waals surface area contributed by atoms with Crippen molar-refractivity contribution >= 4 is 15.5 Å². The Hall–Kier alpha value is -2.45. The number of nitro groups is 1. The Morgan fingerprint density at radius 3 is 2.35 bits per heavy atom. The van der Waals surface area contributed by atoms with Crippen LogP contribution in [0.15, 0.2) is 53.4 Å². The van der Waals surface area contributed by atoms with E-state index in [9.17, 15) is 18.5 Å². The molecule has 140 valence electrons. The van der Waals surface area contributed by atoms with Gasteiger partial charge in [0.1, 0.15) is 6.61 Å². The van der Waals surface area contributed by atoms with Crippen molar-refractivity contribution in [3.8, 4) is 5.75 Å². The van der Waals surface area contributed by atoms with Crippen LogP contribution in [0.25, 0.3) is 0 Å². The Morgan fingerprint density at radius 2 is 1.77 bits per heavy atom. The highest BCUT2D eigenvalue weighted by Crippen LogP contribution is 2.26. The summed E-state index contributed by atoms with van der Waals surface area (Å²) in [6.45, 7) is 2.86. The van der Waals surface area contributed by atoms with Crippen molar-refractivity contribution in [3.05, 3.63) is 64.2 Å². The second kappa shape index (κ2) is 8.29. The van der Waals surface area contributed by atoms with Crippen molar-refractivity contribution in [2.45, 2.75) is 17.9 Å². The van der Waals surface area contributed by atoms with E-state index in [0.29, 0.717) is 13.2 Å². The monoisotopic (exact) mass is 378 g/mol. The van der Waals surface area contributed by atoms with Gasteiger partial charge in [-0.05, 0) is 37.7 Å². The van der Waals surface area contributed by atoms with E-state index in [1.54, 1.807) is 42.5 Å². The van der Waals surface area contributed by atoms with Crippen molar-refractivity contribution in [2.24, 2.45) is 0 Å². The predicted molar refractivity (Wildman–Crippen MR) is 99.2 cm³/mol. The molecule has 26 heavy (non-hydrogen) atoms. The van der Waals surface area contributed by atoms with E-state index in [4.69, 9.17) is 4.74 Å². The third kappa shape index (κ3) is 5.03. The Morgan fingerprint density at radius 1 is 1.15 bits per heavy atom. The molecule has 0 saturated carbocycles. The maximum Gasteiger partial charge on any atom is 0.310 e. The summed E-state index contributed by atoms with van der Waals surface area (Å²) >= 11 is 0. The van der Waals surface area contributed by atoms with Crippen LogP contribution in [0.1, 0.15) is 18.5 Å². The Labute approximate surface area is 153 Å². The minimum absolute atomic E-state index is 0.0398. The van der Waals surface area contributed by atoms with Gasteiger partial charge in [-0.25, -0.2) is 8.42 Å². The Kier molecular flexibility index (Phi) is 6.33. The van der Waals surface area contributed by atoms with Gasteiger partial charge in [0.05, 0.1) is 9.82 Å². The average Bonchev–Trinajstić information content (AvgIpc) is 2.60. The standard InChI is InChI=1S/C18H22N2O5S/c1-14(15-8-10-16(11-9-15)26(3,23)24)19(2)12-13-25-18-7-5-4-6-17(18)20(21)22/h4-11,14H,12-13H2,1-3H3. The fourth-order valence-corrected chi connectivity index (χ4v) is 3.10. The van der Waals surface area contributed by atoms with Crippen LogP contribution in [-0.4, -0.2) is 44.7 Å². The second-order valence-electron chi connectivity index (χ2n) is 6.07. The van der Waals surface area contributed by atoms with Gasteiger partial charge in [0.25, 0.3) is 0 Å². The number of nitro benzene ring substituents is 1. The molecule has 0 heterocycles. The van der Waals surface area contributed by atoms with Gasteiger partial charge in [0.15, 0.2) is 15.6 Å². The van der Waals surface area contributed by atoms with Crippen LogP contribution in [0, 0.1) is 10.1 Å². The molecule has 0 aromatic heterocycles. The number of hydrogen-bond donors (Lipinski definition) is 0. The van der Waals surface area contributed by atoms with E-state index in [1.807, 2.05) is 18.9 Å². The number of sulfone groups is 1. The van der Waals surface area contributed by atoms with Gasteiger partial charge in [0.2, 0.25) is 0 Å². The van der Waals surface area contributed by atoms with E-state index < -0.39 is 14.8 Å². The molecular formula is C18H22N2O5S.